The SMILES string of the molecule is CC(Sc1ccc2nccnc2n1)c1ccc(F)cc1. The third-order valence-electron chi connectivity index (χ3n) is 2.94. The van der Waals surface area contributed by atoms with Gasteiger partial charge in [0.1, 0.15) is 11.3 Å². The number of rotatable bonds is 3. The van der Waals surface area contributed by atoms with Crippen molar-refractivity contribution in [2.75, 3.05) is 0 Å². The van der Waals surface area contributed by atoms with Crippen molar-refractivity contribution in [2.24, 2.45) is 0 Å². The van der Waals surface area contributed by atoms with Crippen molar-refractivity contribution in [3.05, 3.63) is 60.2 Å². The van der Waals surface area contributed by atoms with Crippen molar-refractivity contribution in [2.45, 2.75) is 17.2 Å². The molecular weight excluding hydrogens is 273 g/mol. The van der Waals surface area contributed by atoms with Gasteiger partial charge in [-0.15, -0.1) is 0 Å². The fourth-order valence-electron chi connectivity index (χ4n) is 1.89. The van der Waals surface area contributed by atoms with E-state index in [9.17, 15) is 4.39 Å². The number of aromatic nitrogens is 3. The van der Waals surface area contributed by atoms with Crippen molar-refractivity contribution >= 4 is 22.9 Å². The number of halogens is 1. The number of thioether (sulfide) groups is 1. The van der Waals surface area contributed by atoms with Crippen LogP contribution in [0.2, 0.25) is 0 Å². The lowest BCUT2D eigenvalue weighted by Gasteiger charge is -2.11. The largest absolute Gasteiger partial charge is 0.251 e. The van der Waals surface area contributed by atoms with Crippen LogP contribution in [0.1, 0.15) is 17.7 Å². The molecule has 3 rings (SSSR count). The van der Waals surface area contributed by atoms with Crippen LogP contribution in [-0.2, 0) is 0 Å². The molecule has 3 aromatic rings. The molecular formula is C15H12FN3S. The molecule has 0 spiro atoms. The van der Waals surface area contributed by atoms with E-state index in [2.05, 4.69) is 21.9 Å². The summed E-state index contributed by atoms with van der Waals surface area (Å²) in [4.78, 5) is 12.9. The molecule has 0 fully saturated rings. The molecule has 0 aliphatic rings. The van der Waals surface area contributed by atoms with E-state index in [1.54, 1.807) is 36.3 Å². The Morgan fingerprint density at radius 2 is 1.75 bits per heavy atom. The predicted octanol–water partition coefficient (Wildman–Crippen LogP) is 4.02. The van der Waals surface area contributed by atoms with Crippen molar-refractivity contribution in [1.29, 1.82) is 0 Å². The Labute approximate surface area is 120 Å². The third-order valence-corrected chi connectivity index (χ3v) is 4.04. The molecule has 1 atom stereocenters. The summed E-state index contributed by atoms with van der Waals surface area (Å²) in [5.74, 6) is -0.218. The van der Waals surface area contributed by atoms with Gasteiger partial charge in [0.2, 0.25) is 0 Å². The van der Waals surface area contributed by atoms with Gasteiger partial charge in [0.05, 0.1) is 5.03 Å². The average Bonchev–Trinajstić information content (AvgIpc) is 2.48. The van der Waals surface area contributed by atoms with Crippen LogP contribution in [0.25, 0.3) is 11.2 Å². The molecule has 20 heavy (non-hydrogen) atoms. The smallest absolute Gasteiger partial charge is 0.179 e. The van der Waals surface area contributed by atoms with Gasteiger partial charge >= 0.3 is 0 Å². The van der Waals surface area contributed by atoms with E-state index in [0.717, 1.165) is 16.1 Å². The summed E-state index contributed by atoms with van der Waals surface area (Å²) >= 11 is 1.62. The summed E-state index contributed by atoms with van der Waals surface area (Å²) in [6.07, 6.45) is 3.28. The molecule has 2 aromatic heterocycles. The highest BCUT2D eigenvalue weighted by Crippen LogP contribution is 2.33. The molecule has 0 amide bonds. The summed E-state index contributed by atoms with van der Waals surface area (Å²) < 4.78 is 12.9. The van der Waals surface area contributed by atoms with Crippen LogP contribution in [-0.4, -0.2) is 15.0 Å². The first-order chi connectivity index (χ1) is 9.72. The summed E-state index contributed by atoms with van der Waals surface area (Å²) in [5, 5.41) is 1.08. The zero-order valence-corrected chi connectivity index (χ0v) is 11.6. The third kappa shape index (κ3) is 2.77. The van der Waals surface area contributed by atoms with Crippen molar-refractivity contribution in [1.82, 2.24) is 15.0 Å². The molecule has 3 nitrogen and oxygen atoms in total. The monoisotopic (exact) mass is 285 g/mol. The fourth-order valence-corrected chi connectivity index (χ4v) is 2.83. The van der Waals surface area contributed by atoms with Gasteiger partial charge in [-0.2, -0.15) is 0 Å². The Kier molecular flexibility index (Phi) is 3.60. The minimum atomic E-state index is -0.218. The first-order valence-corrected chi connectivity index (χ1v) is 7.10. The molecule has 100 valence electrons. The normalized spacial score (nSPS) is 12.5. The molecule has 0 aliphatic heterocycles. The number of hydrogen-bond acceptors (Lipinski definition) is 4. The molecule has 0 saturated heterocycles. The fraction of sp³-hybridized carbons (Fsp3) is 0.133. The summed E-state index contributed by atoms with van der Waals surface area (Å²) in [7, 11) is 0. The highest BCUT2D eigenvalue weighted by atomic mass is 32.2. The molecule has 0 aliphatic carbocycles. The van der Waals surface area contributed by atoms with Gasteiger partial charge in [0.15, 0.2) is 5.65 Å². The molecule has 5 heteroatoms. The van der Waals surface area contributed by atoms with E-state index >= 15 is 0 Å². The quantitative estimate of drug-likeness (QED) is 0.681. The number of benzene rings is 1. The van der Waals surface area contributed by atoms with Crippen LogP contribution >= 0.6 is 11.8 Å². The Hall–Kier alpha value is -2.01. The number of nitrogens with zero attached hydrogens (tertiary/aromatic N) is 3. The number of hydrogen-bond donors (Lipinski definition) is 0. The van der Waals surface area contributed by atoms with E-state index in [4.69, 9.17) is 0 Å². The molecule has 0 radical (unpaired) electrons. The van der Waals surface area contributed by atoms with Crippen LogP contribution in [0, 0.1) is 5.82 Å². The van der Waals surface area contributed by atoms with Gasteiger partial charge < -0.3 is 0 Å². The molecule has 2 heterocycles. The second-order valence-electron chi connectivity index (χ2n) is 4.36. The van der Waals surface area contributed by atoms with Gasteiger partial charge in [-0.05, 0) is 36.8 Å². The van der Waals surface area contributed by atoms with Crippen molar-refractivity contribution in [3.8, 4) is 0 Å². The highest BCUT2D eigenvalue weighted by Gasteiger charge is 2.09. The predicted molar refractivity (Wildman–Crippen MR) is 78.0 cm³/mol. The van der Waals surface area contributed by atoms with Crippen LogP contribution < -0.4 is 0 Å². The maximum absolute atomic E-state index is 12.9. The Morgan fingerprint density at radius 1 is 1.00 bits per heavy atom. The topological polar surface area (TPSA) is 38.7 Å². The summed E-state index contributed by atoms with van der Waals surface area (Å²) in [6.45, 7) is 2.07. The zero-order chi connectivity index (χ0) is 13.9. The van der Waals surface area contributed by atoms with Gasteiger partial charge in [-0.25, -0.2) is 14.4 Å². The van der Waals surface area contributed by atoms with E-state index in [1.165, 1.54) is 12.1 Å². The molecule has 0 N–H and O–H groups in total. The van der Waals surface area contributed by atoms with Crippen LogP contribution in [0.3, 0.4) is 0 Å². The summed E-state index contributed by atoms with van der Waals surface area (Å²) in [6, 6.07) is 10.4. The molecule has 1 unspecified atom stereocenters. The van der Waals surface area contributed by atoms with Crippen LogP contribution in [0.15, 0.2) is 53.8 Å². The van der Waals surface area contributed by atoms with Gasteiger partial charge in [0, 0.05) is 17.6 Å². The lowest BCUT2D eigenvalue weighted by molar-refractivity contribution is 0.627. The van der Waals surface area contributed by atoms with Gasteiger partial charge in [0.25, 0.3) is 0 Å². The Bertz CT molecular complexity index is 731. The molecule has 0 saturated carbocycles. The van der Waals surface area contributed by atoms with E-state index in [1.807, 2.05) is 12.1 Å². The first-order valence-electron chi connectivity index (χ1n) is 6.22. The number of pyridine rings is 1. The second-order valence-corrected chi connectivity index (χ2v) is 5.72. The highest BCUT2D eigenvalue weighted by molar-refractivity contribution is 7.99. The van der Waals surface area contributed by atoms with Gasteiger partial charge in [-0.3, -0.25) is 4.98 Å². The minimum Gasteiger partial charge on any atom is -0.251 e. The molecule has 1 aromatic carbocycles. The minimum absolute atomic E-state index is 0.192. The average molecular weight is 285 g/mol. The standard InChI is InChI=1S/C15H12FN3S/c1-10(11-2-4-12(16)5-3-11)20-14-7-6-13-15(19-14)18-9-8-17-13/h2-10H,1H3. The maximum atomic E-state index is 12.9. The van der Waals surface area contributed by atoms with Crippen LogP contribution in [0.4, 0.5) is 4.39 Å². The van der Waals surface area contributed by atoms with Gasteiger partial charge in [-0.1, -0.05) is 23.9 Å². The Balaban J connectivity index is 1.83. The van der Waals surface area contributed by atoms with E-state index in [-0.39, 0.29) is 11.1 Å². The maximum Gasteiger partial charge on any atom is 0.179 e. The number of fused-ring (bicyclic) bond motifs is 1. The summed E-state index contributed by atoms with van der Waals surface area (Å²) in [5.41, 5.74) is 2.49. The Morgan fingerprint density at radius 3 is 2.55 bits per heavy atom. The second kappa shape index (κ2) is 5.54. The molecule has 0 bridgehead atoms. The van der Waals surface area contributed by atoms with E-state index in [0.29, 0.717) is 5.65 Å². The van der Waals surface area contributed by atoms with E-state index < -0.39 is 0 Å². The van der Waals surface area contributed by atoms with Crippen molar-refractivity contribution < 1.29 is 4.39 Å². The van der Waals surface area contributed by atoms with Crippen molar-refractivity contribution in [3.63, 3.8) is 0 Å². The lowest BCUT2D eigenvalue weighted by Crippen LogP contribution is -1.92. The lowest BCUT2D eigenvalue weighted by atomic mass is 10.2. The first kappa shape index (κ1) is 13.0. The zero-order valence-electron chi connectivity index (χ0n) is 10.8. The van der Waals surface area contributed by atoms with Crippen LogP contribution in [0.5, 0.6) is 0 Å².